The summed E-state index contributed by atoms with van der Waals surface area (Å²) in [4.78, 5) is 13.8. The molecule has 1 fully saturated rings. The standard InChI is InChI=1S/C16H23NO4/c1-3-21-13-8-6-7-12(14(13)18)11-16(2,15(19)20)17-9-4-5-10-17/h6-8,18H,3-5,9-11H2,1-2H3,(H,19,20). The van der Waals surface area contributed by atoms with E-state index in [0.29, 0.717) is 17.9 Å². The van der Waals surface area contributed by atoms with Crippen LogP contribution in [0, 0.1) is 0 Å². The van der Waals surface area contributed by atoms with E-state index in [4.69, 9.17) is 4.74 Å². The van der Waals surface area contributed by atoms with Crippen LogP contribution in [-0.4, -0.2) is 46.3 Å². The van der Waals surface area contributed by atoms with E-state index in [0.717, 1.165) is 25.9 Å². The minimum Gasteiger partial charge on any atom is -0.504 e. The lowest BCUT2D eigenvalue weighted by molar-refractivity contribution is -0.149. The summed E-state index contributed by atoms with van der Waals surface area (Å²) in [5, 5.41) is 19.9. The number of hydrogen-bond acceptors (Lipinski definition) is 4. The topological polar surface area (TPSA) is 70.0 Å². The van der Waals surface area contributed by atoms with E-state index in [1.54, 1.807) is 25.1 Å². The number of ether oxygens (including phenoxy) is 1. The molecule has 1 aromatic carbocycles. The van der Waals surface area contributed by atoms with Crippen LogP contribution >= 0.6 is 0 Å². The van der Waals surface area contributed by atoms with E-state index < -0.39 is 11.5 Å². The maximum atomic E-state index is 11.8. The second kappa shape index (κ2) is 6.35. The van der Waals surface area contributed by atoms with Crippen LogP contribution in [0.5, 0.6) is 11.5 Å². The Morgan fingerprint density at radius 2 is 2.05 bits per heavy atom. The van der Waals surface area contributed by atoms with Gasteiger partial charge in [-0.25, -0.2) is 0 Å². The third-order valence-electron chi connectivity index (χ3n) is 4.18. The normalized spacial score (nSPS) is 18.4. The first kappa shape index (κ1) is 15.6. The summed E-state index contributed by atoms with van der Waals surface area (Å²) in [7, 11) is 0. The molecule has 116 valence electrons. The minimum atomic E-state index is -1.00. The largest absolute Gasteiger partial charge is 0.504 e. The zero-order chi connectivity index (χ0) is 15.5. The van der Waals surface area contributed by atoms with Gasteiger partial charge in [0.1, 0.15) is 5.54 Å². The van der Waals surface area contributed by atoms with Gasteiger partial charge in [-0.1, -0.05) is 12.1 Å². The fourth-order valence-electron chi connectivity index (χ4n) is 2.89. The summed E-state index contributed by atoms with van der Waals surface area (Å²) in [6.07, 6.45) is 2.30. The molecule has 1 aliphatic rings. The van der Waals surface area contributed by atoms with Gasteiger partial charge in [-0.05, 0) is 45.8 Å². The first-order valence-corrected chi connectivity index (χ1v) is 7.41. The van der Waals surface area contributed by atoms with E-state index in [9.17, 15) is 15.0 Å². The number of para-hydroxylation sites is 1. The number of hydrogen-bond donors (Lipinski definition) is 2. The second-order valence-corrected chi connectivity index (χ2v) is 5.65. The lowest BCUT2D eigenvalue weighted by Gasteiger charge is -2.35. The first-order chi connectivity index (χ1) is 9.99. The number of phenolic OH excluding ortho intramolecular Hbond substituents is 1. The molecule has 5 nitrogen and oxygen atoms in total. The monoisotopic (exact) mass is 293 g/mol. The van der Waals surface area contributed by atoms with Crippen LogP contribution in [0.15, 0.2) is 18.2 Å². The van der Waals surface area contributed by atoms with Crippen molar-refractivity contribution in [2.75, 3.05) is 19.7 Å². The molecule has 1 heterocycles. The molecule has 1 atom stereocenters. The molecule has 1 aromatic rings. The Balaban J connectivity index is 2.29. The van der Waals surface area contributed by atoms with Gasteiger partial charge in [-0.3, -0.25) is 9.69 Å². The zero-order valence-corrected chi connectivity index (χ0v) is 12.6. The number of carbonyl (C=O) groups is 1. The molecule has 0 radical (unpaired) electrons. The maximum Gasteiger partial charge on any atom is 0.324 e. The number of nitrogens with zero attached hydrogens (tertiary/aromatic N) is 1. The van der Waals surface area contributed by atoms with Gasteiger partial charge in [-0.15, -0.1) is 0 Å². The van der Waals surface area contributed by atoms with E-state index in [1.165, 1.54) is 0 Å². The van der Waals surface area contributed by atoms with Crippen molar-refractivity contribution >= 4 is 5.97 Å². The number of benzene rings is 1. The van der Waals surface area contributed by atoms with Gasteiger partial charge in [0.15, 0.2) is 11.5 Å². The molecule has 0 aromatic heterocycles. The Hall–Kier alpha value is -1.75. The molecule has 2 rings (SSSR count). The first-order valence-electron chi connectivity index (χ1n) is 7.41. The summed E-state index contributed by atoms with van der Waals surface area (Å²) in [6, 6.07) is 5.23. The van der Waals surface area contributed by atoms with E-state index in [-0.39, 0.29) is 12.2 Å². The summed E-state index contributed by atoms with van der Waals surface area (Å²) in [6.45, 7) is 5.61. The van der Waals surface area contributed by atoms with Crippen LogP contribution in [0.1, 0.15) is 32.3 Å². The Morgan fingerprint density at radius 3 is 2.62 bits per heavy atom. The maximum absolute atomic E-state index is 11.8. The number of phenols is 1. The molecule has 0 amide bonds. The summed E-state index contributed by atoms with van der Waals surface area (Å²) in [5.41, 5.74) is -0.392. The molecular weight excluding hydrogens is 270 g/mol. The van der Waals surface area contributed by atoms with Gasteiger partial charge in [-0.2, -0.15) is 0 Å². The third kappa shape index (κ3) is 3.13. The van der Waals surface area contributed by atoms with E-state index in [1.807, 2.05) is 11.8 Å². The van der Waals surface area contributed by atoms with Crippen LogP contribution in [0.2, 0.25) is 0 Å². The number of carboxylic acids is 1. The Labute approximate surface area is 125 Å². The van der Waals surface area contributed by atoms with Gasteiger partial charge in [0.25, 0.3) is 0 Å². The molecular formula is C16H23NO4. The molecule has 1 unspecified atom stereocenters. The number of likely N-dealkylation sites (tertiary alicyclic amines) is 1. The summed E-state index contributed by atoms with van der Waals surface area (Å²) < 4.78 is 5.37. The predicted molar refractivity (Wildman–Crippen MR) is 79.8 cm³/mol. The number of carboxylic acid groups (broad SMARTS) is 1. The highest BCUT2D eigenvalue weighted by molar-refractivity contribution is 5.79. The molecule has 1 saturated heterocycles. The van der Waals surface area contributed by atoms with Gasteiger partial charge in [0, 0.05) is 12.0 Å². The third-order valence-corrected chi connectivity index (χ3v) is 4.18. The molecule has 0 aliphatic carbocycles. The van der Waals surface area contributed by atoms with E-state index >= 15 is 0 Å². The van der Waals surface area contributed by atoms with Crippen molar-refractivity contribution in [3.05, 3.63) is 23.8 Å². The smallest absolute Gasteiger partial charge is 0.324 e. The van der Waals surface area contributed by atoms with E-state index in [2.05, 4.69) is 0 Å². The van der Waals surface area contributed by atoms with Crippen molar-refractivity contribution in [1.82, 2.24) is 4.90 Å². The predicted octanol–water partition coefficient (Wildman–Crippen LogP) is 2.27. The second-order valence-electron chi connectivity index (χ2n) is 5.65. The van der Waals surface area contributed by atoms with Crippen molar-refractivity contribution < 1.29 is 19.7 Å². The molecule has 0 bridgehead atoms. The van der Waals surface area contributed by atoms with Crippen molar-refractivity contribution in [3.63, 3.8) is 0 Å². The summed E-state index contributed by atoms with van der Waals surface area (Å²) in [5.74, 6) is -0.402. The Kier molecular flexibility index (Phi) is 4.73. The highest BCUT2D eigenvalue weighted by Gasteiger charge is 2.41. The summed E-state index contributed by atoms with van der Waals surface area (Å²) >= 11 is 0. The minimum absolute atomic E-state index is 0.0472. The average Bonchev–Trinajstić information content (AvgIpc) is 2.98. The lowest BCUT2D eigenvalue weighted by Crippen LogP contribution is -2.52. The van der Waals surface area contributed by atoms with Crippen molar-refractivity contribution in [2.24, 2.45) is 0 Å². The van der Waals surface area contributed by atoms with Crippen LogP contribution in [-0.2, 0) is 11.2 Å². The highest BCUT2D eigenvalue weighted by atomic mass is 16.5. The van der Waals surface area contributed by atoms with Gasteiger partial charge < -0.3 is 14.9 Å². The van der Waals surface area contributed by atoms with Crippen LogP contribution in [0.3, 0.4) is 0 Å². The molecule has 21 heavy (non-hydrogen) atoms. The number of aromatic hydroxyl groups is 1. The lowest BCUT2D eigenvalue weighted by atomic mass is 9.90. The highest BCUT2D eigenvalue weighted by Crippen LogP contribution is 2.34. The van der Waals surface area contributed by atoms with Crippen LogP contribution in [0.25, 0.3) is 0 Å². The van der Waals surface area contributed by atoms with Gasteiger partial charge in [0.05, 0.1) is 6.61 Å². The average molecular weight is 293 g/mol. The van der Waals surface area contributed by atoms with Gasteiger partial charge >= 0.3 is 5.97 Å². The number of aliphatic carboxylic acids is 1. The van der Waals surface area contributed by atoms with Crippen LogP contribution < -0.4 is 4.74 Å². The molecule has 0 spiro atoms. The van der Waals surface area contributed by atoms with Crippen molar-refractivity contribution in [3.8, 4) is 11.5 Å². The SMILES string of the molecule is CCOc1cccc(CC(C)(C(=O)O)N2CCCC2)c1O. The zero-order valence-electron chi connectivity index (χ0n) is 12.6. The van der Waals surface area contributed by atoms with Gasteiger partial charge in [0.2, 0.25) is 0 Å². The molecule has 5 heteroatoms. The van der Waals surface area contributed by atoms with Crippen molar-refractivity contribution in [1.29, 1.82) is 0 Å². The molecule has 2 N–H and O–H groups in total. The van der Waals surface area contributed by atoms with Crippen molar-refractivity contribution in [2.45, 2.75) is 38.6 Å². The number of rotatable bonds is 6. The fourth-order valence-corrected chi connectivity index (χ4v) is 2.89. The molecule has 1 aliphatic heterocycles. The fraction of sp³-hybridized carbons (Fsp3) is 0.562. The molecule has 0 saturated carbocycles. The van der Waals surface area contributed by atoms with Crippen LogP contribution in [0.4, 0.5) is 0 Å². The Bertz CT molecular complexity index is 511. The quantitative estimate of drug-likeness (QED) is 0.842. The Morgan fingerprint density at radius 1 is 1.38 bits per heavy atom.